The number of rotatable bonds is 6. The minimum Gasteiger partial charge on any atom is -0.456 e. The number of aromatic nitrogens is 1. The Morgan fingerprint density at radius 3 is 1.79 bits per heavy atom. The van der Waals surface area contributed by atoms with Crippen LogP contribution in [0.2, 0.25) is 0 Å². The van der Waals surface area contributed by atoms with Crippen LogP contribution in [0.1, 0.15) is 16.7 Å². The van der Waals surface area contributed by atoms with Crippen molar-refractivity contribution in [3.8, 4) is 5.69 Å². The van der Waals surface area contributed by atoms with Gasteiger partial charge in [-0.15, -0.1) is 0 Å². The van der Waals surface area contributed by atoms with Gasteiger partial charge < -0.3 is 13.9 Å². The average Bonchev–Trinajstić information content (AvgIpc) is 4.14. The smallest absolute Gasteiger partial charge is 0.249 e. The van der Waals surface area contributed by atoms with Crippen molar-refractivity contribution < 1.29 is 4.42 Å². The third kappa shape index (κ3) is 6.04. The summed E-state index contributed by atoms with van der Waals surface area (Å²) < 4.78 is 8.99. The Morgan fingerprint density at radius 1 is 0.421 bits per heavy atom. The van der Waals surface area contributed by atoms with E-state index in [1.165, 1.54) is 130 Å². The summed E-state index contributed by atoms with van der Waals surface area (Å²) in [5.41, 5.74) is 21.4. The van der Waals surface area contributed by atoms with Gasteiger partial charge in [0.15, 0.2) is 8.07 Å². The highest BCUT2D eigenvalue weighted by molar-refractivity contribution is 8.00. The molecule has 0 unspecified atom stereocenters. The third-order valence-corrected chi connectivity index (χ3v) is 23.1. The second kappa shape index (κ2) is 16.5. The predicted octanol–water partition coefficient (Wildman–Crippen LogP) is 10.6. The van der Waals surface area contributed by atoms with E-state index in [1.54, 1.807) is 0 Å². The number of anilines is 3. The summed E-state index contributed by atoms with van der Waals surface area (Å²) in [6.45, 7) is 6.93. The molecule has 3 aliphatic rings. The summed E-state index contributed by atoms with van der Waals surface area (Å²) in [6, 6.07) is 90.0. The number of aryl methyl sites for hydroxylation is 3. The van der Waals surface area contributed by atoms with Gasteiger partial charge in [0, 0.05) is 54.1 Å². The largest absolute Gasteiger partial charge is 0.456 e. The van der Waals surface area contributed by atoms with Crippen molar-refractivity contribution in [2.45, 2.75) is 30.6 Å². The fourth-order valence-corrected chi connectivity index (χ4v) is 20.3. The van der Waals surface area contributed by atoms with Crippen LogP contribution in [-0.4, -0.2) is 26.1 Å². The molecule has 11 aromatic carbocycles. The van der Waals surface area contributed by atoms with Gasteiger partial charge in [0.05, 0.1) is 11.0 Å². The van der Waals surface area contributed by atoms with E-state index >= 15 is 0 Å². The summed E-state index contributed by atoms with van der Waals surface area (Å²) in [5.74, 6) is 0. The molecule has 2 aromatic heterocycles. The fraction of sp³-hybridized carbons (Fsp3) is 0.0435. The number of hydrogen-bond donors (Lipinski definition) is 0. The van der Waals surface area contributed by atoms with Crippen LogP contribution in [0.4, 0.5) is 17.1 Å². The number of hydrogen-bond acceptors (Lipinski definition) is 3. The highest BCUT2D eigenvalue weighted by atomic mass is 32.2. The normalized spacial score (nSPS) is 13.3. The van der Waals surface area contributed by atoms with Gasteiger partial charge in [-0.05, 0) is 118 Å². The summed E-state index contributed by atoms with van der Waals surface area (Å²) in [6.07, 6.45) is 0. The summed E-state index contributed by atoms with van der Waals surface area (Å²) in [7, 11) is -3.14. The first-order valence-electron chi connectivity index (χ1n) is 26.6. The van der Waals surface area contributed by atoms with E-state index in [4.69, 9.17) is 4.42 Å². The molecular weight excluding hydrogens is 955 g/mol. The second-order valence-electron chi connectivity index (χ2n) is 21.2. The zero-order valence-corrected chi connectivity index (χ0v) is 44.2. The third-order valence-electron chi connectivity index (χ3n) is 17.1. The molecule has 0 N–H and O–H groups in total. The van der Waals surface area contributed by atoms with E-state index in [1.807, 2.05) is 11.8 Å². The fourth-order valence-electron chi connectivity index (χ4n) is 14.3. The highest BCUT2D eigenvalue weighted by Gasteiger charge is 2.49. The molecule has 0 spiro atoms. The quantitative estimate of drug-likeness (QED) is 0.122. The van der Waals surface area contributed by atoms with Crippen molar-refractivity contribution >= 4 is 148 Å². The monoisotopic (exact) mass is 1000 g/mol. The van der Waals surface area contributed by atoms with Gasteiger partial charge in [-0.25, -0.2) is 0 Å². The van der Waals surface area contributed by atoms with Gasteiger partial charge in [0.25, 0.3) is 0 Å². The lowest BCUT2D eigenvalue weighted by Gasteiger charge is -2.46. The Kier molecular flexibility index (Phi) is 9.53. The van der Waals surface area contributed by atoms with Crippen LogP contribution >= 0.6 is 11.8 Å². The van der Waals surface area contributed by atoms with Crippen LogP contribution in [-0.2, 0) is 0 Å². The maximum atomic E-state index is 6.55. The molecule has 0 aliphatic carbocycles. The molecule has 5 heterocycles. The van der Waals surface area contributed by atoms with Gasteiger partial charge in [-0.1, -0.05) is 221 Å². The molecule has 0 radical (unpaired) electrons. The molecule has 7 heteroatoms. The van der Waals surface area contributed by atoms with Gasteiger partial charge in [0.1, 0.15) is 11.2 Å². The van der Waals surface area contributed by atoms with Crippen molar-refractivity contribution in [1.29, 1.82) is 0 Å². The molecule has 16 rings (SSSR count). The standard InChI is InChI=1S/C69H48B2N2OSSi/c1-43-39-44(2)66(45(3)40-43)70-55-33-31-50(76(47-21-9-5-10-22-47,48-23-11-6-12-24-48)49-32-36-59-53(41-49)51-25-13-16-28-58(51)72(59)46-19-7-4-8-20-46)42-61(55)73-60-29-17-15-27-54(60)71-57-34-37-63-65(52-26-14-18-30-62(52)74-63)69(57)75-64-38-35-56(70)68(73)67(64)71/h4-42H,1-3H3. The van der Waals surface area contributed by atoms with Crippen LogP contribution in [0.25, 0.3) is 49.4 Å². The lowest BCUT2D eigenvalue weighted by atomic mass is 9.30. The van der Waals surface area contributed by atoms with E-state index in [-0.39, 0.29) is 13.4 Å². The number of nitrogens with zero attached hydrogens (tertiary/aromatic N) is 2. The summed E-state index contributed by atoms with van der Waals surface area (Å²) in [4.78, 5) is 5.30. The SMILES string of the molecule is Cc1cc(C)c(B2c3ccc([Si](c4ccccc4)(c4ccccc4)c4ccc5c(c4)c4ccccc4n5-c4ccccc4)cc3N3c4ccccc4B4c5ccc6oc7ccccc7c6c5Sc5ccc2c3c54)c(C)c1. The first kappa shape index (κ1) is 43.9. The van der Waals surface area contributed by atoms with Gasteiger partial charge in [-0.2, -0.15) is 0 Å². The molecule has 76 heavy (non-hydrogen) atoms. The Balaban J connectivity index is 1.00. The van der Waals surface area contributed by atoms with Crippen LogP contribution in [0.5, 0.6) is 0 Å². The minimum absolute atomic E-state index is 0.00351. The molecule has 3 nitrogen and oxygen atoms in total. The number of para-hydroxylation sites is 4. The minimum atomic E-state index is -3.14. The molecule has 0 saturated heterocycles. The molecule has 3 aliphatic heterocycles. The van der Waals surface area contributed by atoms with Crippen LogP contribution in [0.15, 0.2) is 251 Å². The van der Waals surface area contributed by atoms with E-state index in [0.29, 0.717) is 0 Å². The number of benzene rings is 11. The first-order chi connectivity index (χ1) is 37.5. The van der Waals surface area contributed by atoms with Crippen LogP contribution < -0.4 is 58.4 Å². The molecule has 0 fully saturated rings. The van der Waals surface area contributed by atoms with Gasteiger partial charge in [-0.3, -0.25) is 0 Å². The summed E-state index contributed by atoms with van der Waals surface area (Å²) >= 11 is 1.92. The van der Waals surface area contributed by atoms with Crippen LogP contribution in [0.3, 0.4) is 0 Å². The van der Waals surface area contributed by atoms with Crippen molar-refractivity contribution in [2.24, 2.45) is 0 Å². The lowest BCUT2D eigenvalue weighted by molar-refractivity contribution is 0.668. The first-order valence-corrected chi connectivity index (χ1v) is 29.4. The number of furan rings is 1. The van der Waals surface area contributed by atoms with E-state index in [0.717, 1.165) is 16.9 Å². The zero-order chi connectivity index (χ0) is 50.4. The maximum absolute atomic E-state index is 6.55. The topological polar surface area (TPSA) is 21.3 Å². The molecule has 0 saturated carbocycles. The van der Waals surface area contributed by atoms with Crippen molar-refractivity contribution in [2.75, 3.05) is 4.90 Å². The molecule has 0 atom stereocenters. The zero-order valence-electron chi connectivity index (χ0n) is 42.4. The Bertz CT molecular complexity index is 4510. The van der Waals surface area contributed by atoms with Gasteiger partial charge in [0.2, 0.25) is 13.4 Å². The van der Waals surface area contributed by atoms with E-state index in [9.17, 15) is 0 Å². The van der Waals surface area contributed by atoms with Crippen molar-refractivity contribution in [1.82, 2.24) is 4.57 Å². The Labute approximate surface area is 448 Å². The van der Waals surface area contributed by atoms with Gasteiger partial charge >= 0.3 is 0 Å². The predicted molar refractivity (Wildman–Crippen MR) is 327 cm³/mol. The Morgan fingerprint density at radius 2 is 1.01 bits per heavy atom. The molecule has 0 bridgehead atoms. The summed E-state index contributed by atoms with van der Waals surface area (Å²) in [5, 5.41) is 10.3. The second-order valence-corrected chi connectivity index (χ2v) is 26.1. The lowest BCUT2D eigenvalue weighted by Crippen LogP contribution is -2.75. The van der Waals surface area contributed by atoms with E-state index < -0.39 is 8.07 Å². The average molecular weight is 1000 g/mol. The van der Waals surface area contributed by atoms with E-state index in [2.05, 4.69) is 267 Å². The van der Waals surface area contributed by atoms with Crippen molar-refractivity contribution in [3.63, 3.8) is 0 Å². The highest BCUT2D eigenvalue weighted by Crippen LogP contribution is 2.46. The number of fused-ring (bicyclic) bond motifs is 14. The maximum Gasteiger partial charge on any atom is 0.249 e. The molecular formula is C69H48B2N2OSSi. The molecule has 0 amide bonds. The molecule has 13 aromatic rings. The van der Waals surface area contributed by atoms with Crippen molar-refractivity contribution in [3.05, 3.63) is 253 Å². The van der Waals surface area contributed by atoms with Crippen LogP contribution in [0, 0.1) is 20.8 Å². The Hall–Kier alpha value is -8.48. The molecule has 356 valence electrons.